The molecule has 146 valence electrons. The van der Waals surface area contributed by atoms with Crippen molar-refractivity contribution >= 4 is 35.1 Å². The van der Waals surface area contributed by atoms with E-state index in [1.54, 1.807) is 6.07 Å². The maximum absolute atomic E-state index is 12.4. The third-order valence-electron chi connectivity index (χ3n) is 4.23. The molecular weight excluding hydrogens is 380 g/mol. The second-order valence-electron chi connectivity index (χ2n) is 6.22. The highest BCUT2D eigenvalue weighted by molar-refractivity contribution is 7.98. The Kier molecular flexibility index (Phi) is 8.38. The van der Waals surface area contributed by atoms with Crippen molar-refractivity contribution in [1.29, 1.82) is 0 Å². The van der Waals surface area contributed by atoms with Crippen molar-refractivity contribution in [2.24, 2.45) is 0 Å². The fraction of sp³-hybridized carbons (Fsp3) is 0.450. The van der Waals surface area contributed by atoms with Crippen molar-refractivity contribution < 1.29 is 4.79 Å². The molecule has 0 bridgehead atoms. The minimum Gasteiger partial charge on any atom is -0.360 e. The Morgan fingerprint density at radius 3 is 2.37 bits per heavy atom. The van der Waals surface area contributed by atoms with Crippen LogP contribution in [0, 0.1) is 0 Å². The summed E-state index contributed by atoms with van der Waals surface area (Å²) in [6, 6.07) is 9.53. The highest BCUT2D eigenvalue weighted by Gasteiger charge is 2.12. The fourth-order valence-electron chi connectivity index (χ4n) is 2.68. The van der Waals surface area contributed by atoms with Crippen LogP contribution in [-0.2, 0) is 5.75 Å². The Balaban J connectivity index is 2.03. The van der Waals surface area contributed by atoms with Crippen LogP contribution in [0.1, 0.15) is 43.1 Å². The van der Waals surface area contributed by atoms with Gasteiger partial charge in [-0.15, -0.1) is 0 Å². The average molecular weight is 407 g/mol. The highest BCUT2D eigenvalue weighted by Crippen LogP contribution is 2.24. The van der Waals surface area contributed by atoms with Gasteiger partial charge in [-0.25, -0.2) is 9.97 Å². The van der Waals surface area contributed by atoms with E-state index in [1.807, 2.05) is 50.1 Å². The van der Waals surface area contributed by atoms with E-state index in [9.17, 15) is 4.79 Å². The van der Waals surface area contributed by atoms with Crippen LogP contribution in [0.5, 0.6) is 0 Å². The molecule has 0 saturated carbocycles. The summed E-state index contributed by atoms with van der Waals surface area (Å²) in [5.41, 5.74) is 1.83. The molecule has 2 aromatic rings. The van der Waals surface area contributed by atoms with E-state index in [2.05, 4.69) is 21.8 Å². The number of nitrogens with zero attached hydrogens (tertiary/aromatic N) is 4. The van der Waals surface area contributed by atoms with Crippen LogP contribution in [0.4, 0.5) is 5.82 Å². The molecule has 0 radical (unpaired) electrons. The Morgan fingerprint density at radius 1 is 1.11 bits per heavy atom. The normalized spacial score (nSPS) is 10.7. The highest BCUT2D eigenvalue weighted by atomic mass is 35.5. The standard InChI is InChI=1S/C20H27ClN4OS/c1-5-12-24(4)18-13-17(21)22-20(23-18)27-14-15-8-10-16(11-9-15)19(26)25(6-2)7-3/h8-11,13H,5-7,12,14H2,1-4H3. The van der Waals surface area contributed by atoms with Gasteiger partial charge in [0.05, 0.1) is 0 Å². The summed E-state index contributed by atoms with van der Waals surface area (Å²) in [5, 5.41) is 1.11. The van der Waals surface area contributed by atoms with Gasteiger partial charge >= 0.3 is 0 Å². The first-order valence-corrected chi connectivity index (χ1v) is 10.6. The van der Waals surface area contributed by atoms with Gasteiger partial charge in [-0.2, -0.15) is 0 Å². The number of hydrogen-bond donors (Lipinski definition) is 0. The van der Waals surface area contributed by atoms with Gasteiger partial charge in [-0.05, 0) is 38.0 Å². The third kappa shape index (κ3) is 6.11. The second-order valence-corrected chi connectivity index (χ2v) is 7.55. The molecule has 0 unspecified atom stereocenters. The lowest BCUT2D eigenvalue weighted by atomic mass is 10.1. The molecule has 1 amide bonds. The van der Waals surface area contributed by atoms with Crippen LogP contribution in [0.25, 0.3) is 0 Å². The van der Waals surface area contributed by atoms with E-state index in [1.165, 1.54) is 11.8 Å². The minimum absolute atomic E-state index is 0.0704. The van der Waals surface area contributed by atoms with Crippen LogP contribution in [-0.4, -0.2) is 47.5 Å². The van der Waals surface area contributed by atoms with Crippen LogP contribution in [0.3, 0.4) is 0 Å². The Morgan fingerprint density at radius 2 is 1.78 bits per heavy atom. The summed E-state index contributed by atoms with van der Waals surface area (Å²) >= 11 is 7.69. The predicted molar refractivity (Wildman–Crippen MR) is 114 cm³/mol. The third-order valence-corrected chi connectivity index (χ3v) is 5.34. The van der Waals surface area contributed by atoms with Gasteiger partial charge in [0.15, 0.2) is 5.16 Å². The number of aromatic nitrogens is 2. The number of halogens is 1. The predicted octanol–water partition coefficient (Wildman–Crippen LogP) is 4.75. The zero-order valence-electron chi connectivity index (χ0n) is 16.4. The van der Waals surface area contributed by atoms with Gasteiger partial charge in [0.1, 0.15) is 11.0 Å². The molecule has 2 rings (SSSR count). The Hall–Kier alpha value is -1.79. The molecular formula is C20H27ClN4OS. The maximum atomic E-state index is 12.4. The van der Waals surface area contributed by atoms with Gasteiger partial charge in [0, 0.05) is 44.1 Å². The van der Waals surface area contributed by atoms with E-state index in [4.69, 9.17) is 11.6 Å². The van der Waals surface area contributed by atoms with Crippen LogP contribution < -0.4 is 4.90 Å². The van der Waals surface area contributed by atoms with Gasteiger partial charge < -0.3 is 9.80 Å². The number of rotatable bonds is 9. The fourth-order valence-corrected chi connectivity index (χ4v) is 3.72. The summed E-state index contributed by atoms with van der Waals surface area (Å²) < 4.78 is 0. The first kappa shape index (κ1) is 21.5. The van der Waals surface area contributed by atoms with E-state index in [0.717, 1.165) is 35.7 Å². The number of hydrogen-bond acceptors (Lipinski definition) is 5. The first-order chi connectivity index (χ1) is 13.0. The monoisotopic (exact) mass is 406 g/mol. The van der Waals surface area contributed by atoms with Crippen LogP contribution >= 0.6 is 23.4 Å². The Labute approximate surface area is 171 Å². The molecule has 0 spiro atoms. The second kappa shape index (κ2) is 10.5. The smallest absolute Gasteiger partial charge is 0.253 e. The lowest BCUT2D eigenvalue weighted by molar-refractivity contribution is 0.0773. The van der Waals surface area contributed by atoms with Crippen molar-refractivity contribution in [2.45, 2.75) is 38.1 Å². The molecule has 0 aliphatic rings. The zero-order valence-corrected chi connectivity index (χ0v) is 18.0. The molecule has 1 heterocycles. The van der Waals surface area contributed by atoms with E-state index in [-0.39, 0.29) is 5.91 Å². The van der Waals surface area contributed by atoms with Gasteiger partial charge in [-0.1, -0.05) is 42.4 Å². The topological polar surface area (TPSA) is 49.3 Å². The molecule has 1 aromatic carbocycles. The number of anilines is 1. The number of thioether (sulfide) groups is 1. The maximum Gasteiger partial charge on any atom is 0.253 e. The molecule has 0 fully saturated rings. The molecule has 1 aromatic heterocycles. The minimum atomic E-state index is 0.0704. The largest absolute Gasteiger partial charge is 0.360 e. The molecule has 0 N–H and O–H groups in total. The lowest BCUT2D eigenvalue weighted by Gasteiger charge is -2.18. The zero-order chi connectivity index (χ0) is 19.8. The SMILES string of the molecule is CCCN(C)c1cc(Cl)nc(SCc2ccc(C(=O)N(CC)CC)cc2)n1. The van der Waals surface area contributed by atoms with Crippen molar-refractivity contribution in [3.63, 3.8) is 0 Å². The number of benzene rings is 1. The quantitative estimate of drug-likeness (QED) is 0.341. The summed E-state index contributed by atoms with van der Waals surface area (Å²) in [4.78, 5) is 25.2. The Bertz CT molecular complexity index is 750. The van der Waals surface area contributed by atoms with E-state index >= 15 is 0 Å². The summed E-state index contributed by atoms with van der Waals surface area (Å²) in [6.45, 7) is 8.46. The lowest BCUT2D eigenvalue weighted by Crippen LogP contribution is -2.30. The molecule has 0 aliphatic carbocycles. The van der Waals surface area contributed by atoms with Gasteiger partial charge in [0.25, 0.3) is 5.91 Å². The number of carbonyl (C=O) groups excluding carboxylic acids is 1. The summed E-state index contributed by atoms with van der Waals surface area (Å²) in [6.07, 6.45) is 1.04. The molecule has 0 saturated heterocycles. The van der Waals surface area contributed by atoms with Crippen molar-refractivity contribution in [2.75, 3.05) is 31.6 Å². The van der Waals surface area contributed by atoms with Crippen LogP contribution in [0.15, 0.2) is 35.5 Å². The average Bonchev–Trinajstić information content (AvgIpc) is 2.67. The van der Waals surface area contributed by atoms with Gasteiger partial charge in [0.2, 0.25) is 0 Å². The van der Waals surface area contributed by atoms with Crippen molar-refractivity contribution in [3.05, 3.63) is 46.6 Å². The molecule has 7 heteroatoms. The molecule has 27 heavy (non-hydrogen) atoms. The van der Waals surface area contributed by atoms with Gasteiger partial charge in [-0.3, -0.25) is 4.79 Å². The number of amides is 1. The van der Waals surface area contributed by atoms with Crippen molar-refractivity contribution in [1.82, 2.24) is 14.9 Å². The van der Waals surface area contributed by atoms with E-state index in [0.29, 0.717) is 23.4 Å². The molecule has 5 nitrogen and oxygen atoms in total. The van der Waals surface area contributed by atoms with Crippen LogP contribution in [0.2, 0.25) is 5.15 Å². The summed E-state index contributed by atoms with van der Waals surface area (Å²) in [5.74, 6) is 1.62. The summed E-state index contributed by atoms with van der Waals surface area (Å²) in [7, 11) is 2.00. The first-order valence-electron chi connectivity index (χ1n) is 9.25. The van der Waals surface area contributed by atoms with Crippen molar-refractivity contribution in [3.8, 4) is 0 Å². The number of carbonyl (C=O) groups is 1. The van der Waals surface area contributed by atoms with E-state index < -0.39 is 0 Å². The molecule has 0 atom stereocenters. The molecule has 0 aliphatic heterocycles.